The monoisotopic (exact) mass is 814 g/mol. The molecule has 304 valence electrons. The molecule has 4 fully saturated rings. The second-order valence-electron chi connectivity index (χ2n) is 16.7. The van der Waals surface area contributed by atoms with Gasteiger partial charge in [-0.05, 0) is 119 Å². The number of nitriles is 1. The topological polar surface area (TPSA) is 147 Å². The van der Waals surface area contributed by atoms with E-state index in [1.807, 2.05) is 29.2 Å². The van der Waals surface area contributed by atoms with Crippen molar-refractivity contribution in [3.8, 4) is 23.7 Å². The molecule has 5 heterocycles. The van der Waals surface area contributed by atoms with Gasteiger partial charge >= 0.3 is 0 Å². The van der Waals surface area contributed by atoms with Crippen LogP contribution in [0.5, 0.6) is 5.75 Å². The first kappa shape index (κ1) is 39.1. The molecule has 0 radical (unpaired) electrons. The van der Waals surface area contributed by atoms with E-state index in [1.54, 1.807) is 24.3 Å². The molecule has 1 saturated carbocycles. The Morgan fingerprint density at radius 2 is 1.58 bits per heavy atom. The van der Waals surface area contributed by atoms with Crippen LogP contribution in [0.25, 0.3) is 0 Å². The normalized spacial score (nSPS) is 25.3. The number of fused-ring (bicyclic) bond motifs is 2. The number of imide groups is 1. The van der Waals surface area contributed by atoms with Crippen LogP contribution in [0.2, 0.25) is 5.02 Å². The number of rotatable bonds is 6. The molecule has 3 aromatic rings. The third-order valence-electron chi connectivity index (χ3n) is 13.3. The maximum Gasteiger partial charge on any atom is 0.257 e. The lowest BCUT2D eigenvalue weighted by Gasteiger charge is -2.42. The van der Waals surface area contributed by atoms with Crippen LogP contribution in [0.3, 0.4) is 0 Å². The van der Waals surface area contributed by atoms with Crippen LogP contribution in [0.1, 0.15) is 113 Å². The minimum Gasteiger partial charge on any atom is -0.490 e. The fourth-order valence-electron chi connectivity index (χ4n) is 9.92. The lowest BCUT2D eigenvalue weighted by molar-refractivity contribution is -0.139. The number of hydrogen-bond acceptors (Lipinski definition) is 9. The number of carbonyl (C=O) groups is 4. The molecule has 59 heavy (non-hydrogen) atoms. The predicted molar refractivity (Wildman–Crippen MR) is 219 cm³/mol. The van der Waals surface area contributed by atoms with E-state index in [-0.39, 0.29) is 42.7 Å². The first-order valence-corrected chi connectivity index (χ1v) is 21.3. The Morgan fingerprint density at radius 1 is 0.797 bits per heavy atom. The molecule has 12 nitrogen and oxygen atoms in total. The molecule has 3 saturated heterocycles. The van der Waals surface area contributed by atoms with Gasteiger partial charge in [-0.1, -0.05) is 29.5 Å². The maximum atomic E-state index is 13.6. The van der Waals surface area contributed by atoms with Gasteiger partial charge in [-0.25, -0.2) is 0 Å². The molecule has 0 bridgehead atoms. The van der Waals surface area contributed by atoms with E-state index in [0.29, 0.717) is 46.0 Å². The number of aliphatic hydroxyl groups is 1. The molecule has 6 aliphatic rings. The zero-order valence-electron chi connectivity index (χ0n) is 32.9. The highest BCUT2D eigenvalue weighted by Gasteiger charge is 2.45. The number of amides is 4. The Kier molecular flexibility index (Phi) is 10.8. The van der Waals surface area contributed by atoms with Crippen LogP contribution in [0.4, 0.5) is 5.69 Å². The number of nitrogens with one attached hydrogen (secondary N) is 1. The highest BCUT2D eigenvalue weighted by molar-refractivity contribution is 6.31. The van der Waals surface area contributed by atoms with E-state index in [0.717, 1.165) is 99.9 Å². The number of likely N-dealkylation sites (tertiary alicyclic amines) is 1. The van der Waals surface area contributed by atoms with Gasteiger partial charge in [0.2, 0.25) is 11.8 Å². The molecular formula is C46H47ClN6O6. The summed E-state index contributed by atoms with van der Waals surface area (Å²) in [5.41, 5.74) is 5.00. The van der Waals surface area contributed by atoms with Gasteiger partial charge in [-0.3, -0.25) is 29.4 Å². The van der Waals surface area contributed by atoms with Crippen molar-refractivity contribution in [1.29, 1.82) is 5.26 Å². The number of carbonyl (C=O) groups excluding carboxylic acids is 4. The molecule has 9 rings (SSSR count). The average molecular weight is 815 g/mol. The third kappa shape index (κ3) is 7.78. The van der Waals surface area contributed by atoms with Gasteiger partial charge in [-0.15, -0.1) is 0 Å². The maximum absolute atomic E-state index is 13.6. The second kappa shape index (κ2) is 16.3. The van der Waals surface area contributed by atoms with Gasteiger partial charge in [0, 0.05) is 78.1 Å². The van der Waals surface area contributed by atoms with E-state index in [2.05, 4.69) is 39.1 Å². The Hall–Kier alpha value is -5.40. The summed E-state index contributed by atoms with van der Waals surface area (Å²) in [6.07, 6.45) is 6.63. The second-order valence-corrected chi connectivity index (χ2v) is 17.1. The number of halogens is 1. The largest absolute Gasteiger partial charge is 0.490 e. The van der Waals surface area contributed by atoms with E-state index in [4.69, 9.17) is 21.6 Å². The Labute approximate surface area is 349 Å². The molecule has 0 aromatic heterocycles. The molecule has 2 unspecified atom stereocenters. The van der Waals surface area contributed by atoms with Crippen LogP contribution >= 0.6 is 11.6 Å². The summed E-state index contributed by atoms with van der Waals surface area (Å²) in [5, 5.41) is 23.0. The molecule has 2 N–H and O–H groups in total. The van der Waals surface area contributed by atoms with Crippen LogP contribution in [0, 0.1) is 29.1 Å². The molecule has 4 amide bonds. The number of aliphatic hydroxyl groups excluding tert-OH is 1. The number of nitrogens with zero attached hydrogens (tertiary/aromatic N) is 5. The quantitative estimate of drug-likeness (QED) is 0.242. The molecule has 3 aromatic carbocycles. The fourth-order valence-corrected chi connectivity index (χ4v) is 10.1. The predicted octanol–water partition coefficient (Wildman–Crippen LogP) is 5.54. The summed E-state index contributed by atoms with van der Waals surface area (Å²) in [4.78, 5) is 59.1. The Morgan fingerprint density at radius 3 is 2.31 bits per heavy atom. The Balaban J connectivity index is 0.734. The summed E-state index contributed by atoms with van der Waals surface area (Å²) in [6.45, 7) is 4.36. The summed E-state index contributed by atoms with van der Waals surface area (Å²) in [6, 6.07) is 18.7. The zero-order chi connectivity index (χ0) is 40.8. The van der Waals surface area contributed by atoms with E-state index >= 15 is 0 Å². The molecule has 0 spiro atoms. The van der Waals surface area contributed by atoms with E-state index in [9.17, 15) is 24.3 Å². The molecule has 2 atom stereocenters. The summed E-state index contributed by atoms with van der Waals surface area (Å²) in [7, 11) is 0. The van der Waals surface area contributed by atoms with Crippen molar-refractivity contribution in [3.05, 3.63) is 93.0 Å². The van der Waals surface area contributed by atoms with Gasteiger partial charge in [0.15, 0.2) is 6.23 Å². The fraction of sp³-hybridized carbons (Fsp3) is 0.457. The lowest BCUT2D eigenvalue weighted by Crippen LogP contribution is -2.53. The van der Waals surface area contributed by atoms with E-state index in [1.165, 1.54) is 4.90 Å². The number of anilines is 1. The first-order valence-electron chi connectivity index (χ1n) is 20.9. The number of ether oxygens (including phenoxy) is 1. The molecule has 1 aliphatic carbocycles. The molecule has 5 aliphatic heterocycles. The van der Waals surface area contributed by atoms with Gasteiger partial charge in [0.05, 0.1) is 16.7 Å². The van der Waals surface area contributed by atoms with Crippen molar-refractivity contribution in [1.82, 2.24) is 20.0 Å². The summed E-state index contributed by atoms with van der Waals surface area (Å²) >= 11 is 6.19. The van der Waals surface area contributed by atoms with Gasteiger partial charge in [0.25, 0.3) is 11.8 Å². The third-order valence-corrected chi connectivity index (χ3v) is 13.6. The van der Waals surface area contributed by atoms with Crippen LogP contribution < -0.4 is 15.0 Å². The molecular weight excluding hydrogens is 768 g/mol. The standard InChI is InChI=1S/C46H47ClN6O6/c47-40-25-36(9-5-30(40)26-48)59-35-10-6-33(7-11-35)52-27-31-4-3-29(23-38(31)44(52)56)2-1-28-15-19-50(20-16-28)32-17-21-51(22-18-32)34-8-12-37-39(24-34)46(58)53(45(37)57)41-13-14-42(54)49-43(41)55/h3-5,8-9,12,23-25,28,32-33,35,41,46,58H,6-7,10-11,13-22,27H2,(H,49,54,55). The number of benzene rings is 3. The highest BCUT2D eigenvalue weighted by atomic mass is 35.5. The van der Waals surface area contributed by atoms with E-state index < -0.39 is 18.2 Å². The average Bonchev–Trinajstić information content (AvgIpc) is 3.71. The number of hydrogen-bond donors (Lipinski definition) is 2. The Bertz CT molecular complexity index is 2290. The van der Waals surface area contributed by atoms with Gasteiger partial charge in [-0.2, -0.15) is 5.26 Å². The van der Waals surface area contributed by atoms with Gasteiger partial charge in [0.1, 0.15) is 17.9 Å². The van der Waals surface area contributed by atoms with Crippen LogP contribution in [-0.4, -0.2) is 93.8 Å². The van der Waals surface area contributed by atoms with Crippen LogP contribution in [0.15, 0.2) is 54.6 Å². The SMILES string of the molecule is N#Cc1ccc(OC2CCC(N3Cc4ccc(C#CC5CCN(C6CCN(c7ccc8c(c7)C(O)N(C7CCC(=O)NC7=O)C8=O)CC6)CC5)cc4C3=O)CC2)cc1Cl. The van der Waals surface area contributed by atoms with Crippen molar-refractivity contribution < 1.29 is 29.0 Å². The first-order chi connectivity index (χ1) is 28.6. The summed E-state index contributed by atoms with van der Waals surface area (Å²) in [5.74, 6) is 6.70. The summed E-state index contributed by atoms with van der Waals surface area (Å²) < 4.78 is 6.17. The van der Waals surface area contributed by atoms with Crippen LogP contribution in [-0.2, 0) is 16.1 Å². The van der Waals surface area contributed by atoms with Crippen molar-refractivity contribution in [2.24, 2.45) is 5.92 Å². The van der Waals surface area contributed by atoms with Crippen molar-refractivity contribution in [2.75, 3.05) is 31.1 Å². The highest BCUT2D eigenvalue weighted by Crippen LogP contribution is 2.39. The molecule has 13 heteroatoms. The number of piperidine rings is 3. The minimum absolute atomic E-state index is 0.0499. The minimum atomic E-state index is -1.23. The van der Waals surface area contributed by atoms with Crippen molar-refractivity contribution in [3.63, 3.8) is 0 Å². The van der Waals surface area contributed by atoms with Gasteiger partial charge < -0.3 is 24.5 Å². The zero-order valence-corrected chi connectivity index (χ0v) is 33.6. The van der Waals surface area contributed by atoms with Crippen molar-refractivity contribution >= 4 is 40.9 Å². The smallest absolute Gasteiger partial charge is 0.257 e. The lowest BCUT2D eigenvalue weighted by atomic mass is 9.92. The van der Waals surface area contributed by atoms with Crippen molar-refractivity contribution in [2.45, 2.75) is 101 Å².